The highest BCUT2D eigenvalue weighted by Gasteiger charge is 2.09. The number of aromatic nitrogens is 4. The Kier molecular flexibility index (Phi) is 3.22. The standard InChI is InChI=1S/C13H13IN4S/c1-8-9(6-17(2)16-8)7-18-12-4-3-10(14)5-11(12)15-13(18)19/h3-6H,7H2,1-2H3,(H,15,19). The van der Waals surface area contributed by atoms with Gasteiger partial charge in [-0.25, -0.2) is 0 Å². The van der Waals surface area contributed by atoms with Crippen molar-refractivity contribution in [3.05, 3.63) is 44.0 Å². The highest BCUT2D eigenvalue weighted by Crippen LogP contribution is 2.19. The number of imidazole rings is 1. The van der Waals surface area contributed by atoms with Crippen LogP contribution in [0.2, 0.25) is 0 Å². The molecule has 19 heavy (non-hydrogen) atoms. The minimum absolute atomic E-state index is 0.749. The SMILES string of the molecule is Cc1nn(C)cc1Cn1c(=S)[nH]c2cc(I)ccc21. The average Bonchev–Trinajstić information content (AvgIpc) is 2.80. The quantitative estimate of drug-likeness (QED) is 0.544. The summed E-state index contributed by atoms with van der Waals surface area (Å²) in [5, 5.41) is 4.37. The molecule has 0 aliphatic heterocycles. The van der Waals surface area contributed by atoms with Crippen LogP contribution >= 0.6 is 34.8 Å². The van der Waals surface area contributed by atoms with Gasteiger partial charge in [-0.05, 0) is 59.9 Å². The average molecular weight is 384 g/mol. The Labute approximate surface area is 129 Å². The van der Waals surface area contributed by atoms with Gasteiger partial charge in [-0.2, -0.15) is 5.10 Å². The van der Waals surface area contributed by atoms with Gasteiger partial charge in [0.15, 0.2) is 4.77 Å². The van der Waals surface area contributed by atoms with Crippen molar-refractivity contribution in [2.24, 2.45) is 7.05 Å². The first kappa shape index (κ1) is 12.9. The van der Waals surface area contributed by atoms with Crippen LogP contribution in [-0.2, 0) is 13.6 Å². The van der Waals surface area contributed by atoms with E-state index in [0.717, 1.165) is 28.0 Å². The number of hydrogen-bond acceptors (Lipinski definition) is 2. The molecule has 0 aliphatic carbocycles. The number of aromatic amines is 1. The lowest BCUT2D eigenvalue weighted by Crippen LogP contribution is -2.00. The molecule has 2 heterocycles. The minimum Gasteiger partial charge on any atom is -0.331 e. The molecule has 0 unspecified atom stereocenters. The fourth-order valence-corrected chi connectivity index (χ4v) is 3.03. The Morgan fingerprint density at radius 1 is 1.42 bits per heavy atom. The molecule has 0 fully saturated rings. The van der Waals surface area contributed by atoms with E-state index in [0.29, 0.717) is 0 Å². The minimum atomic E-state index is 0.749. The number of halogens is 1. The van der Waals surface area contributed by atoms with Crippen LogP contribution in [0.4, 0.5) is 0 Å². The lowest BCUT2D eigenvalue weighted by molar-refractivity contribution is 0.755. The second kappa shape index (κ2) is 4.75. The van der Waals surface area contributed by atoms with E-state index >= 15 is 0 Å². The molecule has 4 nitrogen and oxygen atoms in total. The van der Waals surface area contributed by atoms with Gasteiger partial charge in [0.05, 0.1) is 23.3 Å². The van der Waals surface area contributed by atoms with Gasteiger partial charge in [0.25, 0.3) is 0 Å². The van der Waals surface area contributed by atoms with Gasteiger partial charge in [-0.3, -0.25) is 4.68 Å². The number of rotatable bonds is 2. The van der Waals surface area contributed by atoms with Crippen LogP contribution in [0.15, 0.2) is 24.4 Å². The monoisotopic (exact) mass is 384 g/mol. The van der Waals surface area contributed by atoms with Gasteiger partial charge in [-0.15, -0.1) is 0 Å². The van der Waals surface area contributed by atoms with Crippen molar-refractivity contribution in [3.8, 4) is 0 Å². The number of hydrogen-bond donors (Lipinski definition) is 1. The lowest BCUT2D eigenvalue weighted by Gasteiger charge is -2.03. The van der Waals surface area contributed by atoms with E-state index in [-0.39, 0.29) is 0 Å². The normalized spacial score (nSPS) is 11.3. The van der Waals surface area contributed by atoms with Crippen molar-refractivity contribution in [1.82, 2.24) is 19.3 Å². The summed E-state index contributed by atoms with van der Waals surface area (Å²) in [6.45, 7) is 2.77. The topological polar surface area (TPSA) is 38.5 Å². The first-order valence-electron chi connectivity index (χ1n) is 5.92. The maximum absolute atomic E-state index is 5.42. The molecule has 1 N–H and O–H groups in total. The maximum atomic E-state index is 5.42. The fraction of sp³-hybridized carbons (Fsp3) is 0.231. The Morgan fingerprint density at radius 3 is 2.89 bits per heavy atom. The van der Waals surface area contributed by atoms with Crippen LogP contribution in [0.5, 0.6) is 0 Å². The van der Waals surface area contributed by atoms with Gasteiger partial charge in [-0.1, -0.05) is 0 Å². The smallest absolute Gasteiger partial charge is 0.178 e. The molecule has 98 valence electrons. The molecule has 1 aromatic carbocycles. The van der Waals surface area contributed by atoms with Gasteiger partial charge in [0, 0.05) is 22.4 Å². The summed E-state index contributed by atoms with van der Waals surface area (Å²) in [6.07, 6.45) is 2.04. The third kappa shape index (κ3) is 2.34. The van der Waals surface area contributed by atoms with Crippen molar-refractivity contribution in [3.63, 3.8) is 0 Å². The molecule has 0 saturated carbocycles. The fourth-order valence-electron chi connectivity index (χ4n) is 2.27. The summed E-state index contributed by atoms with van der Waals surface area (Å²) in [4.78, 5) is 3.26. The van der Waals surface area contributed by atoms with Gasteiger partial charge in [0.1, 0.15) is 0 Å². The lowest BCUT2D eigenvalue weighted by atomic mass is 10.2. The molecule has 2 aromatic heterocycles. The summed E-state index contributed by atoms with van der Waals surface area (Å²) in [6, 6.07) is 6.31. The summed E-state index contributed by atoms with van der Waals surface area (Å²) < 4.78 is 5.91. The van der Waals surface area contributed by atoms with Crippen molar-refractivity contribution in [2.45, 2.75) is 13.5 Å². The molecule has 0 amide bonds. The molecule has 0 spiro atoms. The highest BCUT2D eigenvalue weighted by atomic mass is 127. The van der Waals surface area contributed by atoms with Crippen molar-refractivity contribution < 1.29 is 0 Å². The Morgan fingerprint density at radius 2 is 2.21 bits per heavy atom. The second-order valence-corrected chi connectivity index (χ2v) is 6.22. The molecular weight excluding hydrogens is 371 g/mol. The van der Waals surface area contributed by atoms with E-state index in [9.17, 15) is 0 Å². The summed E-state index contributed by atoms with van der Waals surface area (Å²) in [5.74, 6) is 0. The predicted octanol–water partition coefficient (Wildman–Crippen LogP) is 3.39. The summed E-state index contributed by atoms with van der Waals surface area (Å²) in [7, 11) is 1.94. The Hall–Kier alpha value is -1.15. The van der Waals surface area contributed by atoms with Gasteiger partial charge >= 0.3 is 0 Å². The number of benzene rings is 1. The van der Waals surface area contributed by atoms with Crippen LogP contribution in [0.3, 0.4) is 0 Å². The first-order valence-corrected chi connectivity index (χ1v) is 7.40. The number of aryl methyl sites for hydroxylation is 2. The zero-order valence-corrected chi connectivity index (χ0v) is 13.6. The number of fused-ring (bicyclic) bond motifs is 1. The largest absolute Gasteiger partial charge is 0.331 e. The molecule has 0 bridgehead atoms. The van der Waals surface area contributed by atoms with E-state index in [4.69, 9.17) is 12.2 Å². The second-order valence-electron chi connectivity index (χ2n) is 4.59. The van der Waals surface area contributed by atoms with Crippen LogP contribution in [0.25, 0.3) is 11.0 Å². The summed E-state index contributed by atoms with van der Waals surface area (Å²) >= 11 is 7.73. The number of nitrogens with zero attached hydrogens (tertiary/aromatic N) is 3. The zero-order valence-electron chi connectivity index (χ0n) is 10.6. The third-order valence-electron chi connectivity index (χ3n) is 3.18. The predicted molar refractivity (Wildman–Crippen MR) is 86.9 cm³/mol. The number of nitrogens with one attached hydrogen (secondary N) is 1. The van der Waals surface area contributed by atoms with E-state index in [1.165, 1.54) is 9.13 Å². The number of H-pyrrole nitrogens is 1. The Balaban J connectivity index is 2.13. The zero-order chi connectivity index (χ0) is 13.6. The molecule has 3 rings (SSSR count). The van der Waals surface area contributed by atoms with Gasteiger partial charge in [0.2, 0.25) is 0 Å². The van der Waals surface area contributed by atoms with Crippen molar-refractivity contribution in [2.75, 3.05) is 0 Å². The van der Waals surface area contributed by atoms with Crippen LogP contribution in [0.1, 0.15) is 11.3 Å². The molecular formula is C13H13IN4S. The van der Waals surface area contributed by atoms with Crippen LogP contribution in [0, 0.1) is 15.3 Å². The maximum Gasteiger partial charge on any atom is 0.178 e. The molecule has 0 aliphatic rings. The molecule has 0 radical (unpaired) electrons. The highest BCUT2D eigenvalue weighted by molar-refractivity contribution is 14.1. The third-order valence-corrected chi connectivity index (χ3v) is 4.17. The molecule has 0 atom stereocenters. The van der Waals surface area contributed by atoms with E-state index < -0.39 is 0 Å². The van der Waals surface area contributed by atoms with E-state index in [1.807, 2.05) is 24.9 Å². The first-order chi connectivity index (χ1) is 9.04. The molecule has 3 aromatic rings. The van der Waals surface area contributed by atoms with E-state index in [2.05, 4.69) is 55.4 Å². The molecule has 0 saturated heterocycles. The van der Waals surface area contributed by atoms with E-state index in [1.54, 1.807) is 0 Å². The van der Waals surface area contributed by atoms with Crippen molar-refractivity contribution >= 4 is 45.8 Å². The Bertz CT molecular complexity index is 812. The molecule has 6 heteroatoms. The van der Waals surface area contributed by atoms with Crippen LogP contribution < -0.4 is 0 Å². The van der Waals surface area contributed by atoms with Crippen LogP contribution in [-0.4, -0.2) is 19.3 Å². The van der Waals surface area contributed by atoms with Gasteiger partial charge < -0.3 is 9.55 Å². The van der Waals surface area contributed by atoms with Crippen molar-refractivity contribution in [1.29, 1.82) is 0 Å². The summed E-state index contributed by atoms with van der Waals surface area (Å²) in [5.41, 5.74) is 4.45.